The predicted octanol–water partition coefficient (Wildman–Crippen LogP) is 3.25. The van der Waals surface area contributed by atoms with Crippen molar-refractivity contribution in [2.45, 2.75) is 11.3 Å². The smallest absolute Gasteiger partial charge is 0.238 e. The molecule has 0 amide bonds. The molecule has 128 valence electrons. The van der Waals surface area contributed by atoms with E-state index in [0.29, 0.717) is 5.69 Å². The van der Waals surface area contributed by atoms with Crippen LogP contribution in [0, 0.1) is 0 Å². The van der Waals surface area contributed by atoms with Gasteiger partial charge < -0.3 is 11.1 Å². The summed E-state index contributed by atoms with van der Waals surface area (Å²) in [5.74, 6) is 0. The molecule has 0 atom stereocenters. The molecule has 0 spiro atoms. The highest BCUT2D eigenvalue weighted by molar-refractivity contribution is 7.89. The summed E-state index contributed by atoms with van der Waals surface area (Å²) in [5, 5.41) is 8.28. The van der Waals surface area contributed by atoms with Gasteiger partial charge in [-0.25, -0.2) is 13.6 Å². The summed E-state index contributed by atoms with van der Waals surface area (Å²) >= 11 is 0. The summed E-state index contributed by atoms with van der Waals surface area (Å²) in [6.45, 7) is 0. The van der Waals surface area contributed by atoms with E-state index >= 15 is 0 Å². The second-order valence-corrected chi connectivity index (χ2v) is 7.29. The van der Waals surface area contributed by atoms with Crippen LogP contribution < -0.4 is 16.2 Å². The minimum Gasteiger partial charge on any atom is -0.399 e. The fourth-order valence-corrected chi connectivity index (χ4v) is 3.12. The molecular formula is C19H19N3O2S. The number of benzene rings is 3. The van der Waals surface area contributed by atoms with Gasteiger partial charge in [-0.3, -0.25) is 0 Å². The number of sulfonamides is 1. The van der Waals surface area contributed by atoms with E-state index in [-0.39, 0.29) is 4.90 Å². The molecule has 5 N–H and O–H groups in total. The number of para-hydroxylation sites is 2. The standard InChI is InChI=1S/C13H11N.C6H8N2O2S/c1-3-7-12-10(5-1)9-11-6-2-4-8-13(11)14-12;7-5-1-3-6(4-2-5)11(8,9)10/h1-8,14H,9H2;1-4H,7H2,(H2,8,9,10). The van der Waals surface area contributed by atoms with Gasteiger partial charge in [0.05, 0.1) is 4.90 Å². The van der Waals surface area contributed by atoms with E-state index in [2.05, 4.69) is 53.8 Å². The van der Waals surface area contributed by atoms with Crippen molar-refractivity contribution in [1.29, 1.82) is 0 Å². The third-order valence-corrected chi connectivity index (χ3v) is 4.82. The van der Waals surface area contributed by atoms with Crippen molar-refractivity contribution in [1.82, 2.24) is 0 Å². The number of hydrogen-bond acceptors (Lipinski definition) is 4. The average molecular weight is 353 g/mol. The van der Waals surface area contributed by atoms with Crippen LogP contribution in [0.4, 0.5) is 17.1 Å². The Morgan fingerprint density at radius 2 is 1.24 bits per heavy atom. The third kappa shape index (κ3) is 4.17. The Labute approximate surface area is 147 Å². The van der Waals surface area contributed by atoms with Crippen LogP contribution in [0.3, 0.4) is 0 Å². The van der Waals surface area contributed by atoms with Crippen LogP contribution in [0.5, 0.6) is 0 Å². The van der Waals surface area contributed by atoms with E-state index in [0.717, 1.165) is 6.42 Å². The van der Waals surface area contributed by atoms with Gasteiger partial charge >= 0.3 is 0 Å². The number of hydrogen-bond donors (Lipinski definition) is 3. The molecule has 0 bridgehead atoms. The summed E-state index contributed by atoms with van der Waals surface area (Å²) < 4.78 is 21.4. The lowest BCUT2D eigenvalue weighted by Gasteiger charge is -2.20. The molecule has 0 fully saturated rings. The first-order valence-corrected chi connectivity index (χ1v) is 9.29. The fraction of sp³-hybridized carbons (Fsp3) is 0.0526. The van der Waals surface area contributed by atoms with E-state index in [1.807, 2.05) is 0 Å². The maximum Gasteiger partial charge on any atom is 0.238 e. The molecule has 3 aromatic carbocycles. The summed E-state index contributed by atoms with van der Waals surface area (Å²) in [4.78, 5) is 0.0756. The summed E-state index contributed by atoms with van der Waals surface area (Å²) in [6, 6.07) is 22.6. The van der Waals surface area contributed by atoms with Crippen LogP contribution in [0.25, 0.3) is 0 Å². The normalized spacial score (nSPS) is 12.0. The number of fused-ring (bicyclic) bond motifs is 2. The number of rotatable bonds is 1. The molecule has 0 saturated carbocycles. The highest BCUT2D eigenvalue weighted by Crippen LogP contribution is 2.31. The first-order valence-electron chi connectivity index (χ1n) is 7.75. The van der Waals surface area contributed by atoms with Crippen molar-refractivity contribution in [2.24, 2.45) is 5.14 Å². The van der Waals surface area contributed by atoms with Crippen molar-refractivity contribution in [3.63, 3.8) is 0 Å². The molecule has 0 radical (unpaired) electrons. The van der Waals surface area contributed by atoms with Gasteiger partial charge in [-0.1, -0.05) is 36.4 Å². The molecule has 0 aromatic heterocycles. The van der Waals surface area contributed by atoms with E-state index in [4.69, 9.17) is 10.9 Å². The number of nitrogen functional groups attached to an aromatic ring is 1. The zero-order valence-corrected chi connectivity index (χ0v) is 14.3. The molecule has 1 aliphatic rings. The van der Waals surface area contributed by atoms with Crippen molar-refractivity contribution >= 4 is 27.1 Å². The third-order valence-electron chi connectivity index (χ3n) is 3.89. The zero-order valence-electron chi connectivity index (χ0n) is 13.5. The highest BCUT2D eigenvalue weighted by atomic mass is 32.2. The van der Waals surface area contributed by atoms with Gasteiger partial charge in [-0.15, -0.1) is 0 Å². The van der Waals surface area contributed by atoms with Crippen LogP contribution >= 0.6 is 0 Å². The highest BCUT2D eigenvalue weighted by Gasteiger charge is 2.12. The quantitative estimate of drug-likeness (QED) is 0.458. The monoisotopic (exact) mass is 353 g/mol. The molecule has 25 heavy (non-hydrogen) atoms. The van der Waals surface area contributed by atoms with Gasteiger partial charge in [0.1, 0.15) is 0 Å². The van der Waals surface area contributed by atoms with E-state index in [9.17, 15) is 8.42 Å². The largest absolute Gasteiger partial charge is 0.399 e. The van der Waals surface area contributed by atoms with Crippen LogP contribution in [-0.4, -0.2) is 8.42 Å². The van der Waals surface area contributed by atoms with Crippen LogP contribution in [0.2, 0.25) is 0 Å². The van der Waals surface area contributed by atoms with Crippen molar-refractivity contribution in [3.05, 3.63) is 83.9 Å². The second-order valence-electron chi connectivity index (χ2n) is 5.73. The lowest BCUT2D eigenvalue weighted by Crippen LogP contribution is -2.11. The Hall–Kier alpha value is -2.83. The molecule has 1 heterocycles. The lowest BCUT2D eigenvalue weighted by molar-refractivity contribution is 0.598. The Kier molecular flexibility index (Phi) is 4.74. The van der Waals surface area contributed by atoms with Gasteiger partial charge in [-0.05, 0) is 47.5 Å². The first kappa shape index (κ1) is 17.0. The molecule has 3 aromatic rings. The topological polar surface area (TPSA) is 98.2 Å². The summed E-state index contributed by atoms with van der Waals surface area (Å²) in [6.07, 6.45) is 1.04. The Morgan fingerprint density at radius 1 is 0.760 bits per heavy atom. The van der Waals surface area contributed by atoms with Gasteiger partial charge in [-0.2, -0.15) is 0 Å². The van der Waals surface area contributed by atoms with Gasteiger partial charge in [0.15, 0.2) is 0 Å². The molecule has 0 saturated heterocycles. The van der Waals surface area contributed by atoms with E-state index < -0.39 is 10.0 Å². The molecule has 1 aliphatic heterocycles. The molecule has 0 unspecified atom stereocenters. The molecule has 0 aliphatic carbocycles. The van der Waals surface area contributed by atoms with Crippen LogP contribution in [-0.2, 0) is 16.4 Å². The van der Waals surface area contributed by atoms with Gasteiger partial charge in [0.25, 0.3) is 0 Å². The number of nitrogens with one attached hydrogen (secondary N) is 1. The SMILES string of the molecule is Nc1ccc(S(N)(=O)=O)cc1.c1ccc2c(c1)Cc1ccccc1N2. The summed E-state index contributed by atoms with van der Waals surface area (Å²) in [5.41, 5.74) is 11.1. The van der Waals surface area contributed by atoms with Crippen molar-refractivity contribution in [3.8, 4) is 0 Å². The fourth-order valence-electron chi connectivity index (χ4n) is 2.60. The minimum absolute atomic E-state index is 0.0756. The maximum absolute atomic E-state index is 10.7. The van der Waals surface area contributed by atoms with Gasteiger partial charge in [0, 0.05) is 23.5 Å². The van der Waals surface area contributed by atoms with Crippen LogP contribution in [0.1, 0.15) is 11.1 Å². The van der Waals surface area contributed by atoms with Crippen molar-refractivity contribution < 1.29 is 8.42 Å². The Balaban J connectivity index is 0.000000151. The maximum atomic E-state index is 10.7. The van der Waals surface area contributed by atoms with Crippen LogP contribution in [0.15, 0.2) is 77.7 Å². The second kappa shape index (κ2) is 6.96. The molecule has 4 rings (SSSR count). The summed E-state index contributed by atoms with van der Waals surface area (Å²) in [7, 11) is -3.58. The number of primary sulfonamides is 1. The first-order chi connectivity index (χ1) is 11.9. The number of nitrogens with two attached hydrogens (primary N) is 2. The average Bonchev–Trinajstić information content (AvgIpc) is 2.60. The number of anilines is 3. The Morgan fingerprint density at radius 3 is 1.72 bits per heavy atom. The van der Waals surface area contributed by atoms with Crippen molar-refractivity contribution in [2.75, 3.05) is 11.1 Å². The van der Waals surface area contributed by atoms with Gasteiger partial charge in [0.2, 0.25) is 10.0 Å². The predicted molar refractivity (Wildman–Crippen MR) is 101 cm³/mol. The Bertz CT molecular complexity index is 896. The van der Waals surface area contributed by atoms with E-state index in [1.54, 1.807) is 0 Å². The van der Waals surface area contributed by atoms with E-state index in [1.165, 1.54) is 46.8 Å². The molecule has 6 heteroatoms. The minimum atomic E-state index is -3.58. The molecular weight excluding hydrogens is 334 g/mol. The molecule has 5 nitrogen and oxygen atoms in total. The lowest BCUT2D eigenvalue weighted by atomic mass is 9.98. The zero-order chi connectivity index (χ0) is 17.9.